The second kappa shape index (κ2) is 6.88. The van der Waals surface area contributed by atoms with Crippen molar-refractivity contribution in [3.05, 3.63) is 51.7 Å². The molecule has 2 unspecified atom stereocenters. The zero-order chi connectivity index (χ0) is 14.5. The Morgan fingerprint density at radius 3 is 2.80 bits per heavy atom. The van der Waals surface area contributed by atoms with Crippen LogP contribution in [0.4, 0.5) is 0 Å². The summed E-state index contributed by atoms with van der Waals surface area (Å²) in [4.78, 5) is 1.32. The van der Waals surface area contributed by atoms with E-state index in [0.717, 1.165) is 11.3 Å². The van der Waals surface area contributed by atoms with E-state index in [9.17, 15) is 5.11 Å². The lowest BCUT2D eigenvalue weighted by Crippen LogP contribution is -2.24. The number of ether oxygens (including phenoxy) is 1. The maximum atomic E-state index is 10.2. The largest absolute Gasteiger partial charge is 0.497 e. The van der Waals surface area contributed by atoms with E-state index in [4.69, 9.17) is 4.74 Å². The molecule has 0 saturated heterocycles. The van der Waals surface area contributed by atoms with Gasteiger partial charge in [0.15, 0.2) is 0 Å². The second-order valence-corrected chi connectivity index (χ2v) is 5.84. The molecule has 0 fully saturated rings. The highest BCUT2D eigenvalue weighted by molar-refractivity contribution is 7.10. The van der Waals surface area contributed by atoms with Gasteiger partial charge in [0, 0.05) is 17.5 Å². The molecule has 4 heteroatoms. The molecule has 0 bridgehead atoms. The van der Waals surface area contributed by atoms with Crippen LogP contribution in [-0.2, 0) is 0 Å². The molecule has 108 valence electrons. The van der Waals surface area contributed by atoms with Gasteiger partial charge in [0.25, 0.3) is 0 Å². The van der Waals surface area contributed by atoms with Crippen molar-refractivity contribution in [1.29, 1.82) is 0 Å². The van der Waals surface area contributed by atoms with Gasteiger partial charge in [-0.25, -0.2) is 0 Å². The van der Waals surface area contributed by atoms with E-state index >= 15 is 0 Å². The van der Waals surface area contributed by atoms with E-state index < -0.39 is 6.10 Å². The Kier molecular flexibility index (Phi) is 5.17. The first-order valence-corrected chi connectivity index (χ1v) is 7.59. The van der Waals surface area contributed by atoms with Gasteiger partial charge in [0.1, 0.15) is 5.75 Å². The number of benzene rings is 1. The molecule has 0 amide bonds. The minimum Gasteiger partial charge on any atom is -0.497 e. The first-order valence-electron chi connectivity index (χ1n) is 6.71. The van der Waals surface area contributed by atoms with Crippen LogP contribution < -0.4 is 10.1 Å². The third kappa shape index (κ3) is 3.60. The van der Waals surface area contributed by atoms with Gasteiger partial charge >= 0.3 is 0 Å². The molecule has 1 aromatic carbocycles. The Morgan fingerprint density at radius 2 is 2.15 bits per heavy atom. The summed E-state index contributed by atoms with van der Waals surface area (Å²) < 4.78 is 5.18. The van der Waals surface area contributed by atoms with Crippen LogP contribution in [0.2, 0.25) is 0 Å². The van der Waals surface area contributed by atoms with E-state index in [2.05, 4.69) is 30.6 Å². The molecule has 2 aromatic rings. The lowest BCUT2D eigenvalue weighted by atomic mass is 10.1. The summed E-state index contributed by atoms with van der Waals surface area (Å²) in [6.07, 6.45) is -0.534. The molecule has 0 aliphatic rings. The van der Waals surface area contributed by atoms with Gasteiger partial charge in [0.05, 0.1) is 13.2 Å². The molecular weight excluding hydrogens is 270 g/mol. The topological polar surface area (TPSA) is 41.5 Å². The van der Waals surface area contributed by atoms with Crippen molar-refractivity contribution >= 4 is 11.3 Å². The van der Waals surface area contributed by atoms with Crippen LogP contribution >= 0.6 is 11.3 Å². The van der Waals surface area contributed by atoms with Gasteiger partial charge in [-0.15, -0.1) is 11.3 Å². The van der Waals surface area contributed by atoms with Gasteiger partial charge in [-0.2, -0.15) is 0 Å². The fraction of sp³-hybridized carbons (Fsp3) is 0.375. The van der Waals surface area contributed by atoms with Crippen LogP contribution in [0, 0.1) is 6.92 Å². The van der Waals surface area contributed by atoms with Crippen LogP contribution in [0.5, 0.6) is 5.75 Å². The van der Waals surface area contributed by atoms with Crippen molar-refractivity contribution in [2.75, 3.05) is 13.7 Å². The molecule has 3 nitrogen and oxygen atoms in total. The lowest BCUT2D eigenvalue weighted by molar-refractivity contribution is 0.170. The molecule has 1 aromatic heterocycles. The van der Waals surface area contributed by atoms with Gasteiger partial charge < -0.3 is 15.2 Å². The molecule has 2 N–H and O–H groups in total. The number of nitrogens with one attached hydrogen (secondary N) is 1. The smallest absolute Gasteiger partial charge is 0.119 e. The summed E-state index contributed by atoms with van der Waals surface area (Å²) in [6.45, 7) is 4.76. The fourth-order valence-corrected chi connectivity index (χ4v) is 3.14. The van der Waals surface area contributed by atoms with E-state index in [1.165, 1.54) is 10.4 Å². The third-order valence-corrected chi connectivity index (χ3v) is 4.59. The number of aryl methyl sites for hydroxylation is 1. The summed E-state index contributed by atoms with van der Waals surface area (Å²) in [5.74, 6) is 0.767. The van der Waals surface area contributed by atoms with E-state index in [1.54, 1.807) is 18.4 Å². The Morgan fingerprint density at radius 1 is 1.35 bits per heavy atom. The molecule has 0 saturated carbocycles. The first kappa shape index (κ1) is 15.0. The summed E-state index contributed by atoms with van der Waals surface area (Å²) in [7, 11) is 1.63. The molecule has 2 atom stereocenters. The molecule has 0 spiro atoms. The number of hydrogen-bond donors (Lipinski definition) is 2. The molecule has 20 heavy (non-hydrogen) atoms. The molecule has 0 radical (unpaired) electrons. The Hall–Kier alpha value is -1.36. The zero-order valence-electron chi connectivity index (χ0n) is 12.1. The van der Waals surface area contributed by atoms with E-state index in [-0.39, 0.29) is 6.04 Å². The fourth-order valence-electron chi connectivity index (χ4n) is 2.18. The van der Waals surface area contributed by atoms with Crippen LogP contribution in [0.15, 0.2) is 35.7 Å². The minimum atomic E-state index is -0.534. The van der Waals surface area contributed by atoms with Gasteiger partial charge in [-0.3, -0.25) is 0 Å². The van der Waals surface area contributed by atoms with Gasteiger partial charge in [0.2, 0.25) is 0 Å². The predicted octanol–water partition coefficient (Wildman–Crippen LogP) is 3.45. The van der Waals surface area contributed by atoms with Crippen LogP contribution in [-0.4, -0.2) is 18.8 Å². The van der Waals surface area contributed by atoms with E-state index in [0.29, 0.717) is 6.54 Å². The van der Waals surface area contributed by atoms with Crippen molar-refractivity contribution < 1.29 is 9.84 Å². The molecule has 2 rings (SSSR count). The standard InChI is InChI=1S/C16H21NO2S/c1-11-7-8-20-16(11)12(2)17-10-15(18)13-5-4-6-14(9-13)19-3/h4-9,12,15,17-18H,10H2,1-3H3. The Labute approximate surface area is 124 Å². The van der Waals surface area contributed by atoms with Gasteiger partial charge in [-0.1, -0.05) is 12.1 Å². The number of aliphatic hydroxyl groups is 1. The van der Waals surface area contributed by atoms with Crippen molar-refractivity contribution in [2.45, 2.75) is 26.0 Å². The van der Waals surface area contributed by atoms with Gasteiger partial charge in [-0.05, 0) is 48.6 Å². The van der Waals surface area contributed by atoms with Crippen molar-refractivity contribution in [2.24, 2.45) is 0 Å². The third-order valence-electron chi connectivity index (χ3n) is 3.39. The maximum Gasteiger partial charge on any atom is 0.119 e. The first-order chi connectivity index (χ1) is 9.61. The summed E-state index contributed by atoms with van der Waals surface area (Å²) in [6, 6.07) is 9.92. The maximum absolute atomic E-state index is 10.2. The number of aliphatic hydroxyl groups excluding tert-OH is 1. The highest BCUT2D eigenvalue weighted by Crippen LogP contribution is 2.24. The molecule has 0 aliphatic carbocycles. The quantitative estimate of drug-likeness (QED) is 0.856. The normalized spacial score (nSPS) is 14.0. The second-order valence-electron chi connectivity index (χ2n) is 4.89. The van der Waals surface area contributed by atoms with Crippen LogP contribution in [0.25, 0.3) is 0 Å². The summed E-state index contributed by atoms with van der Waals surface area (Å²) in [5.41, 5.74) is 2.16. The minimum absolute atomic E-state index is 0.246. The van der Waals surface area contributed by atoms with E-state index in [1.807, 2.05) is 24.3 Å². The van der Waals surface area contributed by atoms with Crippen molar-refractivity contribution in [3.63, 3.8) is 0 Å². The Balaban J connectivity index is 1.94. The summed E-state index contributed by atoms with van der Waals surface area (Å²) in [5, 5.41) is 15.7. The number of hydrogen-bond acceptors (Lipinski definition) is 4. The number of thiophene rings is 1. The Bertz CT molecular complexity index is 553. The van der Waals surface area contributed by atoms with Crippen LogP contribution in [0.3, 0.4) is 0 Å². The molecule has 0 aliphatic heterocycles. The van der Waals surface area contributed by atoms with Crippen molar-refractivity contribution in [1.82, 2.24) is 5.32 Å². The van der Waals surface area contributed by atoms with Crippen molar-refractivity contribution in [3.8, 4) is 5.75 Å². The zero-order valence-corrected chi connectivity index (χ0v) is 12.9. The van der Waals surface area contributed by atoms with Crippen LogP contribution in [0.1, 0.15) is 35.1 Å². The molecular formula is C16H21NO2S. The highest BCUT2D eigenvalue weighted by atomic mass is 32.1. The predicted molar refractivity (Wildman–Crippen MR) is 83.4 cm³/mol. The monoisotopic (exact) mass is 291 g/mol. The average molecular weight is 291 g/mol. The molecule has 1 heterocycles. The SMILES string of the molecule is COc1cccc(C(O)CNC(C)c2sccc2C)c1. The lowest BCUT2D eigenvalue weighted by Gasteiger charge is -2.17. The highest BCUT2D eigenvalue weighted by Gasteiger charge is 2.13. The number of methoxy groups -OCH3 is 1. The number of rotatable bonds is 6. The summed E-state index contributed by atoms with van der Waals surface area (Å²) >= 11 is 1.75. The average Bonchev–Trinajstić information content (AvgIpc) is 2.90.